The lowest BCUT2D eigenvalue weighted by molar-refractivity contribution is -0.121. The second kappa shape index (κ2) is 12.9. The fourth-order valence-electron chi connectivity index (χ4n) is 1.77. The first-order valence-electron chi connectivity index (χ1n) is 8.53. The number of hydrogen-bond acceptors (Lipinski definition) is 6. The Kier molecular flexibility index (Phi) is 11.0. The first kappa shape index (κ1) is 20.5. The van der Waals surface area contributed by atoms with Crippen LogP contribution in [0.3, 0.4) is 0 Å². The maximum Gasteiger partial charge on any atom is 0.219 e. The number of nitrogens with one attached hydrogen (secondary N) is 1. The van der Waals surface area contributed by atoms with E-state index in [1.807, 2.05) is 13.1 Å². The van der Waals surface area contributed by atoms with Gasteiger partial charge in [0.1, 0.15) is 0 Å². The van der Waals surface area contributed by atoms with Crippen LogP contribution in [0, 0.1) is 0 Å². The fourth-order valence-corrected chi connectivity index (χ4v) is 1.77. The SMILES string of the molecule is CCC(=O)NCCOCCOCCOCCn1cc(C(C)C)nn1. The van der Waals surface area contributed by atoms with E-state index in [1.54, 1.807) is 4.68 Å². The number of rotatable bonds is 14. The Morgan fingerprint density at radius 2 is 1.75 bits per heavy atom. The summed E-state index contributed by atoms with van der Waals surface area (Å²) in [5.41, 5.74) is 0.993. The monoisotopic (exact) mass is 342 g/mol. The first-order chi connectivity index (χ1) is 11.6. The highest BCUT2D eigenvalue weighted by atomic mass is 16.5. The minimum absolute atomic E-state index is 0.0401. The lowest BCUT2D eigenvalue weighted by atomic mass is 10.2. The second-order valence-electron chi connectivity index (χ2n) is 5.60. The topological polar surface area (TPSA) is 87.5 Å². The predicted octanol–water partition coefficient (Wildman–Crippen LogP) is 0.978. The number of carbonyl (C=O) groups excluding carboxylic acids is 1. The molecule has 138 valence electrons. The summed E-state index contributed by atoms with van der Waals surface area (Å²) in [7, 11) is 0. The fraction of sp³-hybridized carbons (Fsp3) is 0.812. The zero-order chi connectivity index (χ0) is 17.6. The third-order valence-corrected chi connectivity index (χ3v) is 3.25. The van der Waals surface area contributed by atoms with Crippen LogP contribution in [-0.2, 0) is 25.5 Å². The first-order valence-corrected chi connectivity index (χ1v) is 8.53. The molecule has 1 amide bonds. The lowest BCUT2D eigenvalue weighted by Gasteiger charge is -2.07. The van der Waals surface area contributed by atoms with Crippen molar-refractivity contribution in [3.63, 3.8) is 0 Å². The number of nitrogens with zero attached hydrogens (tertiary/aromatic N) is 3. The van der Waals surface area contributed by atoms with Gasteiger partial charge in [-0.1, -0.05) is 26.0 Å². The van der Waals surface area contributed by atoms with E-state index in [-0.39, 0.29) is 5.91 Å². The minimum Gasteiger partial charge on any atom is -0.377 e. The van der Waals surface area contributed by atoms with Crippen LogP contribution in [0.15, 0.2) is 6.20 Å². The molecule has 0 atom stereocenters. The Labute approximate surface area is 143 Å². The number of hydrogen-bond donors (Lipinski definition) is 1. The maximum atomic E-state index is 11.0. The second-order valence-corrected chi connectivity index (χ2v) is 5.60. The van der Waals surface area contributed by atoms with Crippen molar-refractivity contribution in [2.45, 2.75) is 39.7 Å². The molecule has 0 aliphatic heterocycles. The van der Waals surface area contributed by atoms with Crippen LogP contribution in [0.25, 0.3) is 0 Å². The molecule has 8 nitrogen and oxygen atoms in total. The molecule has 0 aliphatic rings. The van der Waals surface area contributed by atoms with Gasteiger partial charge in [-0.05, 0) is 5.92 Å². The highest BCUT2D eigenvalue weighted by Crippen LogP contribution is 2.08. The van der Waals surface area contributed by atoms with Crippen molar-refractivity contribution in [3.05, 3.63) is 11.9 Å². The van der Waals surface area contributed by atoms with Gasteiger partial charge >= 0.3 is 0 Å². The molecule has 1 heterocycles. The molecule has 8 heteroatoms. The van der Waals surface area contributed by atoms with Gasteiger partial charge < -0.3 is 19.5 Å². The smallest absolute Gasteiger partial charge is 0.219 e. The van der Waals surface area contributed by atoms with Crippen molar-refractivity contribution in [2.75, 3.05) is 46.2 Å². The molecule has 0 radical (unpaired) electrons. The van der Waals surface area contributed by atoms with Gasteiger partial charge in [0.2, 0.25) is 5.91 Å². The molecule has 0 fully saturated rings. The molecule has 24 heavy (non-hydrogen) atoms. The van der Waals surface area contributed by atoms with Gasteiger partial charge in [-0.15, -0.1) is 5.10 Å². The molecule has 0 aromatic carbocycles. The standard InChI is InChI=1S/C16H30N4O4/c1-4-16(21)17-5-7-22-9-11-24-12-10-23-8-6-20-13-15(14(2)3)18-19-20/h13-14H,4-12H2,1-3H3,(H,17,21). The summed E-state index contributed by atoms with van der Waals surface area (Å²) >= 11 is 0. The Morgan fingerprint density at radius 1 is 1.12 bits per heavy atom. The zero-order valence-electron chi connectivity index (χ0n) is 15.0. The van der Waals surface area contributed by atoms with E-state index in [9.17, 15) is 4.79 Å². The van der Waals surface area contributed by atoms with Crippen molar-refractivity contribution in [2.24, 2.45) is 0 Å². The van der Waals surface area contributed by atoms with Crippen LogP contribution >= 0.6 is 0 Å². The molecular weight excluding hydrogens is 312 g/mol. The van der Waals surface area contributed by atoms with E-state index >= 15 is 0 Å². The van der Waals surface area contributed by atoms with Crippen molar-refractivity contribution >= 4 is 5.91 Å². The largest absolute Gasteiger partial charge is 0.377 e. The highest BCUT2D eigenvalue weighted by Gasteiger charge is 2.04. The average molecular weight is 342 g/mol. The van der Waals surface area contributed by atoms with Crippen LogP contribution in [-0.4, -0.2) is 67.1 Å². The molecule has 1 aromatic heterocycles. The molecule has 0 spiro atoms. The molecule has 1 N–H and O–H groups in total. The van der Waals surface area contributed by atoms with Gasteiger partial charge in [0.15, 0.2) is 0 Å². The maximum absolute atomic E-state index is 11.0. The Bertz CT molecular complexity index is 451. The predicted molar refractivity (Wildman–Crippen MR) is 89.9 cm³/mol. The van der Waals surface area contributed by atoms with Gasteiger partial charge in [-0.3, -0.25) is 4.79 Å². The number of carbonyl (C=O) groups is 1. The van der Waals surface area contributed by atoms with Crippen molar-refractivity contribution < 1.29 is 19.0 Å². The molecular formula is C16H30N4O4. The van der Waals surface area contributed by atoms with E-state index in [2.05, 4.69) is 29.5 Å². The molecule has 0 saturated carbocycles. The van der Waals surface area contributed by atoms with Crippen LogP contribution in [0.1, 0.15) is 38.8 Å². The van der Waals surface area contributed by atoms with Gasteiger partial charge in [-0.2, -0.15) is 0 Å². The van der Waals surface area contributed by atoms with E-state index in [0.717, 1.165) is 5.69 Å². The third kappa shape index (κ3) is 9.59. The van der Waals surface area contributed by atoms with E-state index < -0.39 is 0 Å². The lowest BCUT2D eigenvalue weighted by Crippen LogP contribution is -2.26. The van der Waals surface area contributed by atoms with Crippen molar-refractivity contribution in [3.8, 4) is 0 Å². The third-order valence-electron chi connectivity index (χ3n) is 3.25. The minimum atomic E-state index is 0.0401. The van der Waals surface area contributed by atoms with Crippen LogP contribution in [0.5, 0.6) is 0 Å². The van der Waals surface area contributed by atoms with E-state index in [0.29, 0.717) is 65.1 Å². The number of amides is 1. The molecule has 0 saturated heterocycles. The summed E-state index contributed by atoms with van der Waals surface area (Å²) in [5, 5.41) is 10.9. The molecule has 1 rings (SSSR count). The van der Waals surface area contributed by atoms with Crippen LogP contribution in [0.2, 0.25) is 0 Å². The molecule has 0 bridgehead atoms. The summed E-state index contributed by atoms with van der Waals surface area (Å²) in [4.78, 5) is 11.0. The van der Waals surface area contributed by atoms with Gasteiger partial charge in [0.05, 0.1) is 51.9 Å². The summed E-state index contributed by atoms with van der Waals surface area (Å²) in [6.45, 7) is 10.4. The average Bonchev–Trinajstić information content (AvgIpc) is 3.04. The Balaban J connectivity index is 1.84. The Morgan fingerprint density at radius 3 is 2.33 bits per heavy atom. The van der Waals surface area contributed by atoms with Crippen LogP contribution in [0.4, 0.5) is 0 Å². The normalized spacial score (nSPS) is 11.2. The van der Waals surface area contributed by atoms with Crippen LogP contribution < -0.4 is 5.32 Å². The van der Waals surface area contributed by atoms with E-state index in [1.165, 1.54) is 0 Å². The number of aromatic nitrogens is 3. The molecule has 0 unspecified atom stereocenters. The van der Waals surface area contributed by atoms with Gasteiger partial charge in [0.25, 0.3) is 0 Å². The quantitative estimate of drug-likeness (QED) is 0.507. The van der Waals surface area contributed by atoms with Gasteiger partial charge in [-0.25, -0.2) is 4.68 Å². The summed E-state index contributed by atoms with van der Waals surface area (Å²) in [5.74, 6) is 0.427. The van der Waals surface area contributed by atoms with Crippen molar-refractivity contribution in [1.82, 2.24) is 20.3 Å². The summed E-state index contributed by atoms with van der Waals surface area (Å²) < 4.78 is 18.0. The van der Waals surface area contributed by atoms with E-state index in [4.69, 9.17) is 14.2 Å². The number of ether oxygens (including phenoxy) is 3. The summed E-state index contributed by atoms with van der Waals surface area (Å²) in [6.07, 6.45) is 2.45. The zero-order valence-corrected chi connectivity index (χ0v) is 15.0. The summed E-state index contributed by atoms with van der Waals surface area (Å²) in [6, 6.07) is 0. The molecule has 0 aliphatic carbocycles. The van der Waals surface area contributed by atoms with Gasteiger partial charge in [0, 0.05) is 19.2 Å². The van der Waals surface area contributed by atoms with Crippen molar-refractivity contribution in [1.29, 1.82) is 0 Å². The Hall–Kier alpha value is -1.51. The highest BCUT2D eigenvalue weighted by molar-refractivity contribution is 5.75. The molecule has 1 aromatic rings.